The van der Waals surface area contributed by atoms with Crippen molar-refractivity contribution in [2.24, 2.45) is 5.92 Å². The van der Waals surface area contributed by atoms with Crippen LogP contribution in [0, 0.1) is 12.8 Å². The summed E-state index contributed by atoms with van der Waals surface area (Å²) < 4.78 is 0. The third kappa shape index (κ3) is 4.55. The van der Waals surface area contributed by atoms with Gasteiger partial charge in [-0.25, -0.2) is 0 Å². The second-order valence-electron chi connectivity index (χ2n) is 5.31. The van der Waals surface area contributed by atoms with Crippen LogP contribution >= 0.6 is 11.6 Å². The maximum atomic E-state index is 12.2. The molecule has 116 valence electrons. The molecule has 0 aliphatic rings. The molecule has 1 aromatic carbocycles. The van der Waals surface area contributed by atoms with Gasteiger partial charge in [-0.1, -0.05) is 23.7 Å². The molecule has 0 bridgehead atoms. The first-order valence-electron chi connectivity index (χ1n) is 7.14. The van der Waals surface area contributed by atoms with Gasteiger partial charge in [0.15, 0.2) is 0 Å². The predicted molar refractivity (Wildman–Crippen MR) is 87.0 cm³/mol. The van der Waals surface area contributed by atoms with Crippen molar-refractivity contribution in [1.29, 1.82) is 0 Å². The number of nitrogens with one attached hydrogen (secondary N) is 1. The van der Waals surface area contributed by atoms with Crippen molar-refractivity contribution in [2.75, 3.05) is 13.2 Å². The number of hydrogen-bond donors (Lipinski definition) is 2. The number of benzene rings is 1. The van der Waals surface area contributed by atoms with Crippen molar-refractivity contribution in [2.45, 2.75) is 13.3 Å². The fourth-order valence-corrected chi connectivity index (χ4v) is 2.51. The molecule has 2 aromatic rings. The van der Waals surface area contributed by atoms with E-state index in [9.17, 15) is 9.90 Å². The molecule has 2 rings (SSSR count). The van der Waals surface area contributed by atoms with Gasteiger partial charge < -0.3 is 10.4 Å². The third-order valence-electron chi connectivity index (χ3n) is 3.43. The highest BCUT2D eigenvalue weighted by atomic mass is 35.5. The average molecular weight is 319 g/mol. The van der Waals surface area contributed by atoms with E-state index in [0.717, 1.165) is 11.1 Å². The van der Waals surface area contributed by atoms with E-state index >= 15 is 0 Å². The molecule has 0 saturated carbocycles. The molecule has 22 heavy (non-hydrogen) atoms. The molecule has 0 spiro atoms. The monoisotopic (exact) mass is 318 g/mol. The lowest BCUT2D eigenvalue weighted by Gasteiger charge is -2.15. The van der Waals surface area contributed by atoms with Gasteiger partial charge >= 0.3 is 0 Å². The van der Waals surface area contributed by atoms with E-state index in [1.165, 1.54) is 0 Å². The van der Waals surface area contributed by atoms with Crippen molar-refractivity contribution in [3.63, 3.8) is 0 Å². The van der Waals surface area contributed by atoms with E-state index in [1.54, 1.807) is 24.5 Å². The van der Waals surface area contributed by atoms with E-state index in [0.29, 0.717) is 23.6 Å². The predicted octanol–water partition coefficient (Wildman–Crippen LogP) is 2.62. The van der Waals surface area contributed by atoms with Crippen molar-refractivity contribution in [3.05, 3.63) is 64.4 Å². The van der Waals surface area contributed by atoms with Crippen LogP contribution in [0.3, 0.4) is 0 Å². The Bertz CT molecular complexity index is 632. The summed E-state index contributed by atoms with van der Waals surface area (Å²) in [5.41, 5.74) is 2.49. The number of aliphatic hydroxyl groups is 1. The highest BCUT2D eigenvalue weighted by Crippen LogP contribution is 2.17. The normalized spacial score (nSPS) is 12.0. The molecule has 0 saturated heterocycles. The van der Waals surface area contributed by atoms with Gasteiger partial charge in [-0.15, -0.1) is 0 Å². The first-order chi connectivity index (χ1) is 10.6. The molecule has 1 unspecified atom stereocenters. The zero-order valence-corrected chi connectivity index (χ0v) is 13.2. The zero-order valence-electron chi connectivity index (χ0n) is 12.4. The Morgan fingerprint density at radius 3 is 2.86 bits per heavy atom. The molecule has 0 aliphatic heterocycles. The molecule has 4 nitrogen and oxygen atoms in total. The Morgan fingerprint density at radius 1 is 1.41 bits per heavy atom. The summed E-state index contributed by atoms with van der Waals surface area (Å²) in [5, 5.41) is 12.7. The Hall–Kier alpha value is -1.91. The molecule has 1 heterocycles. The SMILES string of the molecule is Cc1ccc(C(=O)NCC(CO)Cc2cccnc2)c(Cl)c1. The highest BCUT2D eigenvalue weighted by molar-refractivity contribution is 6.33. The third-order valence-corrected chi connectivity index (χ3v) is 3.74. The Labute approximate surface area is 135 Å². The maximum Gasteiger partial charge on any atom is 0.252 e. The molecule has 0 fully saturated rings. The van der Waals surface area contributed by atoms with E-state index < -0.39 is 0 Å². The second-order valence-corrected chi connectivity index (χ2v) is 5.71. The number of carbonyl (C=O) groups is 1. The van der Waals surface area contributed by atoms with Crippen LogP contribution in [0.5, 0.6) is 0 Å². The van der Waals surface area contributed by atoms with Gasteiger partial charge in [0.1, 0.15) is 0 Å². The number of hydrogen-bond acceptors (Lipinski definition) is 3. The highest BCUT2D eigenvalue weighted by Gasteiger charge is 2.14. The van der Waals surface area contributed by atoms with E-state index in [-0.39, 0.29) is 18.4 Å². The molecule has 1 amide bonds. The Balaban J connectivity index is 1.94. The first kappa shape index (κ1) is 16.5. The van der Waals surface area contributed by atoms with Gasteiger partial charge in [-0.05, 0) is 42.7 Å². The minimum Gasteiger partial charge on any atom is -0.396 e. The Kier molecular flexibility index (Phi) is 5.92. The summed E-state index contributed by atoms with van der Waals surface area (Å²) in [4.78, 5) is 16.2. The summed E-state index contributed by atoms with van der Waals surface area (Å²) in [5.74, 6) is -0.285. The number of aromatic nitrogens is 1. The zero-order chi connectivity index (χ0) is 15.9. The Morgan fingerprint density at radius 2 is 2.23 bits per heavy atom. The lowest BCUT2D eigenvalue weighted by molar-refractivity contribution is 0.0940. The quantitative estimate of drug-likeness (QED) is 0.860. The molecule has 0 radical (unpaired) electrons. The van der Waals surface area contributed by atoms with Gasteiger partial charge in [0, 0.05) is 31.5 Å². The maximum absolute atomic E-state index is 12.2. The minimum atomic E-state index is -0.227. The molecule has 1 atom stereocenters. The summed E-state index contributed by atoms with van der Waals surface area (Å²) in [6, 6.07) is 9.13. The van der Waals surface area contributed by atoms with Gasteiger partial charge in [-0.3, -0.25) is 9.78 Å². The number of aliphatic hydroxyl groups excluding tert-OH is 1. The van der Waals surface area contributed by atoms with Crippen LogP contribution in [0.15, 0.2) is 42.7 Å². The fraction of sp³-hybridized carbons (Fsp3) is 0.294. The summed E-state index contributed by atoms with van der Waals surface area (Å²) in [6.07, 6.45) is 4.13. The van der Waals surface area contributed by atoms with Crippen LogP contribution in [-0.4, -0.2) is 29.1 Å². The standard InChI is InChI=1S/C17H19ClN2O2/c1-12-4-5-15(16(18)7-12)17(22)20-10-14(11-21)8-13-3-2-6-19-9-13/h2-7,9,14,21H,8,10-11H2,1H3,(H,20,22). The molecule has 5 heteroatoms. The number of nitrogens with zero attached hydrogens (tertiary/aromatic N) is 1. The van der Waals surface area contributed by atoms with E-state index in [1.807, 2.05) is 25.1 Å². The number of aryl methyl sites for hydroxylation is 1. The van der Waals surface area contributed by atoms with Crippen molar-refractivity contribution in [3.8, 4) is 0 Å². The van der Waals surface area contributed by atoms with Crippen LogP contribution in [0.1, 0.15) is 21.5 Å². The molecular weight excluding hydrogens is 300 g/mol. The first-order valence-corrected chi connectivity index (χ1v) is 7.52. The molecule has 0 aliphatic carbocycles. The van der Waals surface area contributed by atoms with E-state index in [2.05, 4.69) is 10.3 Å². The van der Waals surface area contributed by atoms with Crippen LogP contribution in [0.4, 0.5) is 0 Å². The number of carbonyl (C=O) groups excluding carboxylic acids is 1. The number of rotatable bonds is 6. The smallest absolute Gasteiger partial charge is 0.252 e. The van der Waals surface area contributed by atoms with Crippen molar-refractivity contribution >= 4 is 17.5 Å². The lowest BCUT2D eigenvalue weighted by atomic mass is 10.0. The number of pyridine rings is 1. The topological polar surface area (TPSA) is 62.2 Å². The van der Waals surface area contributed by atoms with Gasteiger partial charge in [0.2, 0.25) is 0 Å². The molecular formula is C17H19ClN2O2. The summed E-state index contributed by atoms with van der Waals surface area (Å²) in [7, 11) is 0. The second kappa shape index (κ2) is 7.92. The van der Waals surface area contributed by atoms with E-state index in [4.69, 9.17) is 11.6 Å². The van der Waals surface area contributed by atoms with Crippen LogP contribution in [-0.2, 0) is 6.42 Å². The molecule has 2 N–H and O–H groups in total. The van der Waals surface area contributed by atoms with Gasteiger partial charge in [-0.2, -0.15) is 0 Å². The summed E-state index contributed by atoms with van der Waals surface area (Å²) in [6.45, 7) is 2.30. The molecule has 1 aromatic heterocycles. The van der Waals surface area contributed by atoms with Crippen molar-refractivity contribution < 1.29 is 9.90 Å². The van der Waals surface area contributed by atoms with Gasteiger partial charge in [0.25, 0.3) is 5.91 Å². The van der Waals surface area contributed by atoms with Crippen LogP contribution in [0.2, 0.25) is 5.02 Å². The average Bonchev–Trinajstić information content (AvgIpc) is 2.52. The van der Waals surface area contributed by atoms with Crippen LogP contribution < -0.4 is 5.32 Å². The minimum absolute atomic E-state index is 0.00317. The fourth-order valence-electron chi connectivity index (χ4n) is 2.19. The van der Waals surface area contributed by atoms with Crippen LogP contribution in [0.25, 0.3) is 0 Å². The summed E-state index contributed by atoms with van der Waals surface area (Å²) >= 11 is 6.08. The van der Waals surface area contributed by atoms with Crippen molar-refractivity contribution in [1.82, 2.24) is 10.3 Å². The number of halogens is 1. The number of amides is 1. The van der Waals surface area contributed by atoms with Gasteiger partial charge in [0.05, 0.1) is 10.6 Å². The lowest BCUT2D eigenvalue weighted by Crippen LogP contribution is -2.32. The largest absolute Gasteiger partial charge is 0.396 e.